The largest absolute Gasteiger partial charge is 0.454 e. The van der Waals surface area contributed by atoms with Gasteiger partial charge in [0.25, 0.3) is 0 Å². The first-order valence-corrected chi connectivity index (χ1v) is 7.71. The average molecular weight is 390 g/mol. The first kappa shape index (κ1) is 16.0. The van der Waals surface area contributed by atoms with Crippen molar-refractivity contribution in [2.75, 3.05) is 12.1 Å². The molecule has 1 aliphatic heterocycles. The quantitative estimate of drug-likeness (QED) is 0.478. The van der Waals surface area contributed by atoms with Crippen molar-refractivity contribution in [3.8, 4) is 11.5 Å². The number of carbonyl (C=O) groups excluding carboxylic acids is 2. The normalized spacial score (nSPS) is 12.2. The molecule has 0 unspecified atom stereocenters. The van der Waals surface area contributed by atoms with E-state index in [0.717, 1.165) is 4.47 Å². The second-order valence-electron chi connectivity index (χ2n) is 4.77. The zero-order valence-corrected chi connectivity index (χ0v) is 13.9. The number of hydrazone groups is 1. The van der Waals surface area contributed by atoms with Crippen LogP contribution in [0.5, 0.6) is 11.5 Å². The number of ether oxygens (including phenoxy) is 2. The molecule has 0 radical (unpaired) electrons. The second-order valence-corrected chi connectivity index (χ2v) is 5.69. The fourth-order valence-electron chi connectivity index (χ4n) is 1.93. The van der Waals surface area contributed by atoms with Crippen LogP contribution in [-0.4, -0.2) is 24.8 Å². The van der Waals surface area contributed by atoms with Crippen LogP contribution in [0.3, 0.4) is 0 Å². The number of hydrogen-bond acceptors (Lipinski definition) is 5. The van der Waals surface area contributed by atoms with Gasteiger partial charge in [-0.15, -0.1) is 0 Å². The van der Waals surface area contributed by atoms with Crippen LogP contribution in [0.25, 0.3) is 0 Å². The molecule has 0 aliphatic carbocycles. The Morgan fingerprint density at radius 3 is 2.58 bits per heavy atom. The van der Waals surface area contributed by atoms with Gasteiger partial charge in [0.05, 0.1) is 6.21 Å². The van der Waals surface area contributed by atoms with Crippen molar-refractivity contribution in [1.82, 2.24) is 5.43 Å². The lowest BCUT2D eigenvalue weighted by molar-refractivity contribution is -0.136. The summed E-state index contributed by atoms with van der Waals surface area (Å²) >= 11 is 3.29. The zero-order valence-electron chi connectivity index (χ0n) is 12.3. The number of fused-ring (bicyclic) bond motifs is 1. The van der Waals surface area contributed by atoms with E-state index in [1.807, 2.05) is 0 Å². The fourth-order valence-corrected chi connectivity index (χ4v) is 2.20. The van der Waals surface area contributed by atoms with E-state index in [0.29, 0.717) is 22.7 Å². The van der Waals surface area contributed by atoms with Gasteiger partial charge in [0.1, 0.15) is 0 Å². The highest BCUT2D eigenvalue weighted by molar-refractivity contribution is 9.10. The number of benzene rings is 2. The highest BCUT2D eigenvalue weighted by atomic mass is 79.9. The van der Waals surface area contributed by atoms with Crippen LogP contribution in [0.15, 0.2) is 52.0 Å². The lowest BCUT2D eigenvalue weighted by atomic mass is 10.2. The molecule has 0 spiro atoms. The van der Waals surface area contributed by atoms with Crippen molar-refractivity contribution >= 4 is 39.6 Å². The van der Waals surface area contributed by atoms with E-state index in [9.17, 15) is 9.59 Å². The number of carbonyl (C=O) groups is 2. The van der Waals surface area contributed by atoms with Gasteiger partial charge < -0.3 is 14.8 Å². The standard InChI is InChI=1S/C16H12BrN3O4/c17-11-2-4-12(5-3-11)19-15(21)16(22)20-18-8-10-1-6-13-14(7-10)24-9-23-13/h1-8H,9H2,(H,19,21)(H,20,22). The summed E-state index contributed by atoms with van der Waals surface area (Å²) in [5, 5.41) is 6.22. The van der Waals surface area contributed by atoms with E-state index in [1.165, 1.54) is 6.21 Å². The van der Waals surface area contributed by atoms with E-state index in [4.69, 9.17) is 9.47 Å². The Kier molecular flexibility index (Phi) is 4.76. The van der Waals surface area contributed by atoms with Crippen LogP contribution < -0.4 is 20.2 Å². The van der Waals surface area contributed by atoms with E-state index in [2.05, 4.69) is 31.8 Å². The SMILES string of the molecule is O=C(NN=Cc1ccc2c(c1)OCO2)C(=O)Nc1ccc(Br)cc1. The fraction of sp³-hybridized carbons (Fsp3) is 0.0625. The van der Waals surface area contributed by atoms with Crippen LogP contribution >= 0.6 is 15.9 Å². The van der Waals surface area contributed by atoms with Crippen molar-refractivity contribution in [1.29, 1.82) is 0 Å². The molecule has 2 aromatic carbocycles. The zero-order chi connectivity index (χ0) is 16.9. The van der Waals surface area contributed by atoms with Gasteiger partial charge in [0.15, 0.2) is 11.5 Å². The maximum absolute atomic E-state index is 11.7. The average Bonchev–Trinajstić information content (AvgIpc) is 3.04. The molecule has 0 atom stereocenters. The Morgan fingerprint density at radius 1 is 1.04 bits per heavy atom. The van der Waals surface area contributed by atoms with Crippen molar-refractivity contribution in [3.63, 3.8) is 0 Å². The van der Waals surface area contributed by atoms with Gasteiger partial charge in [0, 0.05) is 10.2 Å². The minimum Gasteiger partial charge on any atom is -0.454 e. The summed E-state index contributed by atoms with van der Waals surface area (Å²) in [6.07, 6.45) is 1.41. The summed E-state index contributed by atoms with van der Waals surface area (Å²) in [7, 11) is 0. The molecule has 1 heterocycles. The Bertz CT molecular complexity index is 805. The van der Waals surface area contributed by atoms with Crippen LogP contribution in [0.2, 0.25) is 0 Å². The third-order valence-corrected chi connectivity index (χ3v) is 3.61. The molecule has 2 N–H and O–H groups in total. The third-order valence-electron chi connectivity index (χ3n) is 3.08. The van der Waals surface area contributed by atoms with Crippen LogP contribution in [0, 0.1) is 0 Å². The number of nitrogens with one attached hydrogen (secondary N) is 2. The minimum atomic E-state index is -0.866. The Labute approximate surface area is 145 Å². The first-order valence-electron chi connectivity index (χ1n) is 6.91. The minimum absolute atomic E-state index is 0.183. The van der Waals surface area contributed by atoms with Gasteiger partial charge in [-0.1, -0.05) is 15.9 Å². The molecule has 2 aromatic rings. The molecule has 0 saturated carbocycles. The molecule has 24 heavy (non-hydrogen) atoms. The predicted molar refractivity (Wildman–Crippen MR) is 91.1 cm³/mol. The van der Waals surface area contributed by atoms with Crippen LogP contribution in [-0.2, 0) is 9.59 Å². The van der Waals surface area contributed by atoms with Crippen LogP contribution in [0.4, 0.5) is 5.69 Å². The van der Waals surface area contributed by atoms with E-state index >= 15 is 0 Å². The number of halogens is 1. The maximum Gasteiger partial charge on any atom is 0.329 e. The van der Waals surface area contributed by atoms with E-state index < -0.39 is 11.8 Å². The molecule has 122 valence electrons. The van der Waals surface area contributed by atoms with E-state index in [1.54, 1.807) is 42.5 Å². The molecular weight excluding hydrogens is 378 g/mol. The molecule has 0 fully saturated rings. The number of hydrogen-bond donors (Lipinski definition) is 2. The summed E-state index contributed by atoms with van der Waals surface area (Å²) in [6.45, 7) is 0.183. The Morgan fingerprint density at radius 2 is 1.79 bits per heavy atom. The monoisotopic (exact) mass is 389 g/mol. The lowest BCUT2D eigenvalue weighted by Crippen LogP contribution is -2.32. The Hall–Kier alpha value is -2.87. The van der Waals surface area contributed by atoms with Crippen LogP contribution in [0.1, 0.15) is 5.56 Å². The molecule has 0 saturated heterocycles. The second kappa shape index (κ2) is 7.14. The molecule has 0 bridgehead atoms. The molecule has 8 heteroatoms. The first-order chi connectivity index (χ1) is 11.6. The summed E-state index contributed by atoms with van der Waals surface area (Å²) in [5.41, 5.74) is 3.38. The highest BCUT2D eigenvalue weighted by Crippen LogP contribution is 2.31. The summed E-state index contributed by atoms with van der Waals surface area (Å²) in [6, 6.07) is 12.1. The topological polar surface area (TPSA) is 89.0 Å². The van der Waals surface area contributed by atoms with Crippen molar-refractivity contribution in [2.45, 2.75) is 0 Å². The van der Waals surface area contributed by atoms with Gasteiger partial charge in [-0.05, 0) is 48.0 Å². The maximum atomic E-state index is 11.7. The number of amides is 2. The molecule has 2 amide bonds. The molecule has 3 rings (SSSR count). The summed E-state index contributed by atoms with van der Waals surface area (Å²) in [4.78, 5) is 23.4. The predicted octanol–water partition coefficient (Wildman–Crippen LogP) is 2.27. The molecule has 0 aromatic heterocycles. The lowest BCUT2D eigenvalue weighted by Gasteiger charge is -2.03. The van der Waals surface area contributed by atoms with Gasteiger partial charge in [-0.3, -0.25) is 9.59 Å². The van der Waals surface area contributed by atoms with Crippen molar-refractivity contribution in [3.05, 3.63) is 52.5 Å². The third kappa shape index (κ3) is 3.90. The number of nitrogens with zero attached hydrogens (tertiary/aromatic N) is 1. The number of anilines is 1. The number of rotatable bonds is 3. The molecule has 1 aliphatic rings. The molecular formula is C16H12BrN3O4. The van der Waals surface area contributed by atoms with Gasteiger partial charge in [-0.2, -0.15) is 5.10 Å². The molecule has 7 nitrogen and oxygen atoms in total. The highest BCUT2D eigenvalue weighted by Gasteiger charge is 2.14. The Balaban J connectivity index is 1.54. The van der Waals surface area contributed by atoms with Gasteiger partial charge in [0.2, 0.25) is 6.79 Å². The van der Waals surface area contributed by atoms with Crippen molar-refractivity contribution < 1.29 is 19.1 Å². The van der Waals surface area contributed by atoms with Gasteiger partial charge in [-0.25, -0.2) is 5.43 Å². The van der Waals surface area contributed by atoms with E-state index in [-0.39, 0.29) is 6.79 Å². The van der Waals surface area contributed by atoms with Gasteiger partial charge >= 0.3 is 11.8 Å². The smallest absolute Gasteiger partial charge is 0.329 e. The van der Waals surface area contributed by atoms with Crippen molar-refractivity contribution in [2.24, 2.45) is 5.10 Å². The summed E-state index contributed by atoms with van der Waals surface area (Å²) < 4.78 is 11.3. The summed E-state index contributed by atoms with van der Waals surface area (Å²) in [5.74, 6) is -0.404.